The second-order valence-electron chi connectivity index (χ2n) is 8.97. The van der Waals surface area contributed by atoms with E-state index in [0.717, 1.165) is 18.6 Å². The van der Waals surface area contributed by atoms with Crippen LogP contribution in [-0.4, -0.2) is 57.2 Å². The number of primary amides is 1. The highest BCUT2D eigenvalue weighted by Crippen LogP contribution is 2.31. The number of rotatable bonds is 7. The summed E-state index contributed by atoms with van der Waals surface area (Å²) < 4.78 is 5.36. The van der Waals surface area contributed by atoms with Crippen LogP contribution in [0.2, 0.25) is 0 Å². The summed E-state index contributed by atoms with van der Waals surface area (Å²) in [5.74, 6) is 1.18. The van der Waals surface area contributed by atoms with Crippen LogP contribution in [0, 0.1) is 0 Å². The number of anilines is 3. The van der Waals surface area contributed by atoms with Crippen LogP contribution in [-0.2, 0) is 0 Å². The fraction of sp³-hybridized carbons (Fsp3) is 0.222. The number of carbonyl (C=O) groups is 2. The molecule has 5 rings (SSSR count). The first-order valence-corrected chi connectivity index (χ1v) is 12.2. The van der Waals surface area contributed by atoms with Gasteiger partial charge in [-0.25, -0.2) is 9.78 Å². The summed E-state index contributed by atoms with van der Waals surface area (Å²) in [5, 5.41) is 13.0. The average Bonchev–Trinajstić information content (AvgIpc) is 3.38. The minimum Gasteiger partial charge on any atom is -0.497 e. The van der Waals surface area contributed by atoms with Crippen molar-refractivity contribution >= 4 is 29.3 Å². The van der Waals surface area contributed by atoms with Crippen molar-refractivity contribution < 1.29 is 14.3 Å². The molecule has 3 amide bonds. The van der Waals surface area contributed by atoms with E-state index in [1.165, 1.54) is 18.0 Å². The number of H-pyrrole nitrogens is 1. The smallest absolute Gasteiger partial charge is 0.321 e. The average molecular weight is 513 g/mol. The molecule has 0 saturated carbocycles. The molecule has 11 nitrogen and oxygen atoms in total. The molecule has 0 aliphatic carbocycles. The van der Waals surface area contributed by atoms with Crippen LogP contribution in [0.5, 0.6) is 5.75 Å². The molecule has 2 aromatic heterocycles. The van der Waals surface area contributed by atoms with E-state index in [-0.39, 0.29) is 17.5 Å². The number of benzene rings is 2. The maximum absolute atomic E-state index is 13.0. The van der Waals surface area contributed by atoms with Gasteiger partial charge in [-0.3, -0.25) is 14.9 Å². The van der Waals surface area contributed by atoms with Gasteiger partial charge in [0.25, 0.3) is 5.91 Å². The third-order valence-corrected chi connectivity index (χ3v) is 6.51. The van der Waals surface area contributed by atoms with Crippen molar-refractivity contribution in [3.05, 3.63) is 78.2 Å². The fourth-order valence-electron chi connectivity index (χ4n) is 4.62. The standard InChI is InChI=1S/C27H28N8O3/c1-38-21-6-2-4-18(14-21)19-5-3-13-35(16-19)27(37)31-20-9-7-17(8-10-20)24-23(25(28)36)26(34-33-24)32-22-15-29-11-12-30-22/h2,4,6-12,14-15,19H,3,5,13,16H2,1H3,(H2,28,36)(H,31,37)(H2,30,32,33,34). The zero-order chi connectivity index (χ0) is 26.5. The van der Waals surface area contributed by atoms with Gasteiger partial charge in [-0.15, -0.1) is 0 Å². The lowest BCUT2D eigenvalue weighted by Crippen LogP contribution is -2.41. The van der Waals surface area contributed by atoms with Crippen molar-refractivity contribution in [1.82, 2.24) is 25.1 Å². The molecule has 0 bridgehead atoms. The molecule has 1 aliphatic rings. The molecule has 11 heteroatoms. The highest BCUT2D eigenvalue weighted by atomic mass is 16.5. The predicted octanol–water partition coefficient (Wildman–Crippen LogP) is 4.13. The minimum atomic E-state index is -0.645. The Morgan fingerprint density at radius 2 is 2.00 bits per heavy atom. The van der Waals surface area contributed by atoms with E-state index in [0.29, 0.717) is 41.7 Å². The first-order chi connectivity index (χ1) is 18.5. The van der Waals surface area contributed by atoms with Crippen molar-refractivity contribution in [3.8, 4) is 17.0 Å². The van der Waals surface area contributed by atoms with Crippen LogP contribution >= 0.6 is 0 Å². The second kappa shape index (κ2) is 11.0. The number of hydrogen-bond donors (Lipinski definition) is 4. The zero-order valence-electron chi connectivity index (χ0n) is 20.8. The molecule has 1 atom stereocenters. The number of ether oxygens (including phenoxy) is 1. The molecular formula is C27H28N8O3. The van der Waals surface area contributed by atoms with Gasteiger partial charge in [0.2, 0.25) is 0 Å². The molecule has 5 N–H and O–H groups in total. The molecule has 0 spiro atoms. The Kier molecular flexibility index (Phi) is 7.16. The molecule has 2 aromatic carbocycles. The Morgan fingerprint density at radius 3 is 2.74 bits per heavy atom. The van der Waals surface area contributed by atoms with Crippen LogP contribution in [0.4, 0.5) is 22.1 Å². The second-order valence-corrected chi connectivity index (χ2v) is 8.97. The number of nitrogens with zero attached hydrogens (tertiary/aromatic N) is 4. The van der Waals surface area contributed by atoms with Crippen molar-refractivity contribution in [3.63, 3.8) is 0 Å². The Labute approximate surface area is 219 Å². The number of urea groups is 1. The van der Waals surface area contributed by atoms with E-state index in [4.69, 9.17) is 10.5 Å². The highest BCUT2D eigenvalue weighted by molar-refractivity contribution is 6.04. The van der Waals surface area contributed by atoms with Crippen LogP contribution in [0.1, 0.15) is 34.7 Å². The maximum atomic E-state index is 13.0. The summed E-state index contributed by atoms with van der Waals surface area (Å²) in [6, 6.07) is 15.0. The van der Waals surface area contributed by atoms with Gasteiger partial charge in [-0.1, -0.05) is 24.3 Å². The molecule has 1 saturated heterocycles. The van der Waals surface area contributed by atoms with E-state index >= 15 is 0 Å². The zero-order valence-corrected chi connectivity index (χ0v) is 20.8. The van der Waals surface area contributed by atoms with E-state index in [1.807, 2.05) is 23.1 Å². The lowest BCUT2D eigenvalue weighted by Gasteiger charge is -2.33. The summed E-state index contributed by atoms with van der Waals surface area (Å²) in [4.78, 5) is 35.2. The summed E-state index contributed by atoms with van der Waals surface area (Å²) >= 11 is 0. The van der Waals surface area contributed by atoms with Gasteiger partial charge < -0.3 is 26.0 Å². The molecule has 3 heterocycles. The number of aromatic amines is 1. The first-order valence-electron chi connectivity index (χ1n) is 12.2. The molecule has 0 radical (unpaired) electrons. The number of likely N-dealkylation sites (tertiary alicyclic amines) is 1. The van der Waals surface area contributed by atoms with Gasteiger partial charge in [0, 0.05) is 42.7 Å². The Morgan fingerprint density at radius 1 is 1.16 bits per heavy atom. The van der Waals surface area contributed by atoms with Crippen molar-refractivity contribution in [1.29, 1.82) is 0 Å². The van der Waals surface area contributed by atoms with Crippen molar-refractivity contribution in [2.75, 3.05) is 30.8 Å². The normalized spacial score (nSPS) is 15.1. The molecule has 38 heavy (non-hydrogen) atoms. The molecule has 1 unspecified atom stereocenters. The maximum Gasteiger partial charge on any atom is 0.321 e. The first kappa shape index (κ1) is 24.8. The Hall–Kier alpha value is -4.93. The van der Waals surface area contributed by atoms with Crippen LogP contribution in [0.25, 0.3) is 11.3 Å². The molecule has 194 valence electrons. The lowest BCUT2D eigenvalue weighted by molar-refractivity contribution is 0.100. The number of hydrogen-bond acceptors (Lipinski definition) is 7. The number of nitrogens with two attached hydrogens (primary N) is 1. The largest absolute Gasteiger partial charge is 0.497 e. The highest BCUT2D eigenvalue weighted by Gasteiger charge is 2.25. The number of piperidine rings is 1. The topological polar surface area (TPSA) is 151 Å². The Bertz CT molecular complexity index is 1420. The third kappa shape index (κ3) is 5.41. The number of carbonyl (C=O) groups excluding carboxylic acids is 2. The fourth-order valence-corrected chi connectivity index (χ4v) is 4.62. The Balaban J connectivity index is 1.27. The quantitative estimate of drug-likeness (QED) is 0.291. The SMILES string of the molecule is COc1cccc(C2CCCN(C(=O)Nc3ccc(-c4n[nH]c(Nc5cnccn5)c4C(N)=O)cc3)C2)c1. The van der Waals surface area contributed by atoms with Gasteiger partial charge in [0.15, 0.2) is 0 Å². The van der Waals surface area contributed by atoms with Crippen molar-refractivity contribution in [2.24, 2.45) is 5.73 Å². The molecule has 1 fully saturated rings. The van der Waals surface area contributed by atoms with Gasteiger partial charge in [0.05, 0.1) is 13.3 Å². The summed E-state index contributed by atoms with van der Waals surface area (Å²) in [7, 11) is 1.65. The lowest BCUT2D eigenvalue weighted by atomic mass is 9.90. The molecular weight excluding hydrogens is 484 g/mol. The van der Waals surface area contributed by atoms with Crippen LogP contribution in [0.15, 0.2) is 67.1 Å². The van der Waals surface area contributed by atoms with E-state index < -0.39 is 5.91 Å². The number of nitrogens with one attached hydrogen (secondary N) is 3. The number of aromatic nitrogens is 4. The minimum absolute atomic E-state index is 0.154. The van der Waals surface area contributed by atoms with Gasteiger partial charge in [-0.2, -0.15) is 5.10 Å². The predicted molar refractivity (Wildman–Crippen MR) is 143 cm³/mol. The van der Waals surface area contributed by atoms with Crippen LogP contribution < -0.4 is 21.1 Å². The van der Waals surface area contributed by atoms with E-state index in [9.17, 15) is 9.59 Å². The van der Waals surface area contributed by atoms with Gasteiger partial charge in [0.1, 0.15) is 28.6 Å². The summed E-state index contributed by atoms with van der Waals surface area (Å²) in [6.45, 7) is 1.33. The van der Waals surface area contributed by atoms with E-state index in [2.05, 4.69) is 36.9 Å². The number of amides is 3. The molecule has 4 aromatic rings. The van der Waals surface area contributed by atoms with Crippen molar-refractivity contribution in [2.45, 2.75) is 18.8 Å². The van der Waals surface area contributed by atoms with Crippen LogP contribution in [0.3, 0.4) is 0 Å². The monoisotopic (exact) mass is 512 g/mol. The third-order valence-electron chi connectivity index (χ3n) is 6.51. The molecule has 1 aliphatic heterocycles. The summed E-state index contributed by atoms with van der Waals surface area (Å²) in [6.07, 6.45) is 6.53. The summed E-state index contributed by atoms with van der Waals surface area (Å²) in [5.41, 5.74) is 8.71. The van der Waals surface area contributed by atoms with Gasteiger partial charge in [-0.05, 0) is 42.7 Å². The van der Waals surface area contributed by atoms with Gasteiger partial charge >= 0.3 is 6.03 Å². The number of methoxy groups -OCH3 is 1. The van der Waals surface area contributed by atoms with E-state index in [1.54, 1.807) is 37.6 Å².